The molecule has 0 amide bonds. The Morgan fingerprint density at radius 2 is 1.94 bits per heavy atom. The third-order valence-corrected chi connectivity index (χ3v) is 2.22. The Morgan fingerprint density at radius 3 is 2.38 bits per heavy atom. The number of phenols is 1. The molecule has 1 atom stereocenters. The van der Waals surface area contributed by atoms with Crippen LogP contribution in [-0.4, -0.2) is 16.8 Å². The maximum Gasteiger partial charge on any atom is 0.420 e. The first-order valence-corrected chi connectivity index (χ1v) is 4.61. The summed E-state index contributed by atoms with van der Waals surface area (Å²) in [4.78, 5) is 0. The standard InChI is InChI=1S/C9H9ClF3NO2/c10-4-1-5(7(14)3-15)8(16)6(2-4)9(11,12)13/h1-2,7,15-16H,3,14H2. The maximum absolute atomic E-state index is 12.5. The maximum atomic E-state index is 12.5. The van der Waals surface area contributed by atoms with Gasteiger partial charge in [0.05, 0.1) is 18.2 Å². The summed E-state index contributed by atoms with van der Waals surface area (Å²) in [7, 11) is 0. The number of halogens is 4. The van der Waals surface area contributed by atoms with Crippen molar-refractivity contribution in [1.82, 2.24) is 0 Å². The molecule has 0 aliphatic heterocycles. The molecule has 7 heteroatoms. The molecule has 0 spiro atoms. The highest BCUT2D eigenvalue weighted by molar-refractivity contribution is 6.30. The lowest BCUT2D eigenvalue weighted by Crippen LogP contribution is -2.16. The van der Waals surface area contributed by atoms with Gasteiger partial charge in [0.2, 0.25) is 0 Å². The number of aliphatic hydroxyl groups is 1. The number of alkyl halides is 3. The second kappa shape index (κ2) is 4.48. The lowest BCUT2D eigenvalue weighted by atomic mass is 10.0. The monoisotopic (exact) mass is 255 g/mol. The van der Waals surface area contributed by atoms with Gasteiger partial charge in [0.15, 0.2) is 0 Å². The summed E-state index contributed by atoms with van der Waals surface area (Å²) in [6.07, 6.45) is -4.72. The molecule has 16 heavy (non-hydrogen) atoms. The van der Waals surface area contributed by atoms with Gasteiger partial charge in [-0.2, -0.15) is 13.2 Å². The molecule has 1 unspecified atom stereocenters. The molecule has 0 aromatic heterocycles. The molecule has 3 nitrogen and oxygen atoms in total. The lowest BCUT2D eigenvalue weighted by Gasteiger charge is -2.16. The van der Waals surface area contributed by atoms with Gasteiger partial charge >= 0.3 is 6.18 Å². The van der Waals surface area contributed by atoms with Gasteiger partial charge in [-0.15, -0.1) is 0 Å². The van der Waals surface area contributed by atoms with Crippen molar-refractivity contribution < 1.29 is 23.4 Å². The van der Waals surface area contributed by atoms with Gasteiger partial charge in [0.25, 0.3) is 0 Å². The van der Waals surface area contributed by atoms with Gasteiger partial charge in [-0.1, -0.05) is 11.6 Å². The second-order valence-corrected chi connectivity index (χ2v) is 3.61. The number of hydrogen-bond acceptors (Lipinski definition) is 3. The highest BCUT2D eigenvalue weighted by Crippen LogP contribution is 2.40. The van der Waals surface area contributed by atoms with E-state index >= 15 is 0 Å². The van der Waals surface area contributed by atoms with Crippen LogP contribution in [0.15, 0.2) is 12.1 Å². The van der Waals surface area contributed by atoms with Crippen molar-refractivity contribution in [2.24, 2.45) is 5.73 Å². The van der Waals surface area contributed by atoms with Crippen LogP contribution >= 0.6 is 11.6 Å². The van der Waals surface area contributed by atoms with Gasteiger partial charge < -0.3 is 15.9 Å². The molecule has 0 fully saturated rings. The van der Waals surface area contributed by atoms with E-state index in [1.165, 1.54) is 0 Å². The first kappa shape index (κ1) is 13.1. The number of aliphatic hydroxyl groups excluding tert-OH is 1. The van der Waals surface area contributed by atoms with Crippen LogP contribution in [0.2, 0.25) is 5.02 Å². The van der Waals surface area contributed by atoms with Crippen LogP contribution < -0.4 is 5.73 Å². The highest BCUT2D eigenvalue weighted by atomic mass is 35.5. The highest BCUT2D eigenvalue weighted by Gasteiger charge is 2.35. The van der Waals surface area contributed by atoms with E-state index in [9.17, 15) is 18.3 Å². The van der Waals surface area contributed by atoms with E-state index in [1.54, 1.807) is 0 Å². The molecule has 1 aromatic carbocycles. The summed E-state index contributed by atoms with van der Waals surface area (Å²) < 4.78 is 37.4. The van der Waals surface area contributed by atoms with E-state index in [1.807, 2.05) is 0 Å². The van der Waals surface area contributed by atoms with Crippen LogP contribution in [0.5, 0.6) is 5.75 Å². The van der Waals surface area contributed by atoms with E-state index in [0.717, 1.165) is 6.07 Å². The fourth-order valence-corrected chi connectivity index (χ4v) is 1.44. The fraction of sp³-hybridized carbons (Fsp3) is 0.333. The van der Waals surface area contributed by atoms with E-state index in [-0.39, 0.29) is 10.6 Å². The molecule has 0 radical (unpaired) electrons. The van der Waals surface area contributed by atoms with Gasteiger partial charge in [0, 0.05) is 10.6 Å². The Balaban J connectivity index is 3.38. The van der Waals surface area contributed by atoms with Crippen molar-refractivity contribution in [2.75, 3.05) is 6.61 Å². The third-order valence-electron chi connectivity index (χ3n) is 2.01. The predicted molar refractivity (Wildman–Crippen MR) is 52.1 cm³/mol. The number of nitrogens with two attached hydrogens (primary N) is 1. The van der Waals surface area contributed by atoms with Crippen molar-refractivity contribution >= 4 is 11.6 Å². The molecule has 0 bridgehead atoms. The molecule has 0 aliphatic carbocycles. The zero-order chi connectivity index (χ0) is 12.5. The minimum Gasteiger partial charge on any atom is -0.507 e. The number of benzene rings is 1. The van der Waals surface area contributed by atoms with Crippen molar-refractivity contribution in [3.8, 4) is 5.75 Å². The van der Waals surface area contributed by atoms with Crippen LogP contribution in [0, 0.1) is 0 Å². The normalized spacial score (nSPS) is 13.9. The largest absolute Gasteiger partial charge is 0.507 e. The summed E-state index contributed by atoms with van der Waals surface area (Å²) in [6, 6.07) is 0.581. The molecule has 0 heterocycles. The second-order valence-electron chi connectivity index (χ2n) is 3.18. The molecule has 1 rings (SSSR count). The van der Waals surface area contributed by atoms with E-state index in [4.69, 9.17) is 22.4 Å². The molecule has 90 valence electrons. The molecule has 0 saturated carbocycles. The number of rotatable bonds is 2. The lowest BCUT2D eigenvalue weighted by molar-refractivity contribution is -0.138. The van der Waals surface area contributed by atoms with Crippen LogP contribution in [0.3, 0.4) is 0 Å². The molecule has 1 aromatic rings. The average molecular weight is 256 g/mol. The van der Waals surface area contributed by atoms with Gasteiger partial charge in [0.1, 0.15) is 5.75 Å². The predicted octanol–water partition coefficient (Wildman–Crippen LogP) is 2.06. The summed E-state index contributed by atoms with van der Waals surface area (Å²) in [5.74, 6) is -1.00. The van der Waals surface area contributed by atoms with Gasteiger partial charge in [-0.05, 0) is 12.1 Å². The smallest absolute Gasteiger partial charge is 0.420 e. The topological polar surface area (TPSA) is 66.5 Å². The number of aromatic hydroxyl groups is 1. The van der Waals surface area contributed by atoms with Crippen LogP contribution in [0.25, 0.3) is 0 Å². The van der Waals surface area contributed by atoms with Crippen molar-refractivity contribution in [3.05, 3.63) is 28.3 Å². The van der Waals surface area contributed by atoms with Gasteiger partial charge in [-0.25, -0.2) is 0 Å². The van der Waals surface area contributed by atoms with E-state index < -0.39 is 30.1 Å². The van der Waals surface area contributed by atoms with Crippen LogP contribution in [0.4, 0.5) is 13.2 Å². The number of phenolic OH excluding ortho intramolecular Hbond substituents is 1. The first-order chi connectivity index (χ1) is 7.27. The zero-order valence-corrected chi connectivity index (χ0v) is 8.68. The number of hydrogen-bond donors (Lipinski definition) is 3. The zero-order valence-electron chi connectivity index (χ0n) is 7.92. The van der Waals surface area contributed by atoms with Crippen molar-refractivity contribution in [2.45, 2.75) is 12.2 Å². The Morgan fingerprint density at radius 1 is 1.38 bits per heavy atom. The van der Waals surface area contributed by atoms with Crippen LogP contribution in [-0.2, 0) is 6.18 Å². The van der Waals surface area contributed by atoms with Crippen molar-refractivity contribution in [1.29, 1.82) is 0 Å². The Labute approximate surface area is 94.3 Å². The average Bonchev–Trinajstić information content (AvgIpc) is 2.18. The van der Waals surface area contributed by atoms with E-state index in [2.05, 4.69) is 0 Å². The SMILES string of the molecule is NC(CO)c1cc(Cl)cc(C(F)(F)F)c1O. The first-order valence-electron chi connectivity index (χ1n) is 4.23. The summed E-state index contributed by atoms with van der Waals surface area (Å²) >= 11 is 5.48. The Kier molecular flexibility index (Phi) is 3.67. The Bertz CT molecular complexity index is 395. The van der Waals surface area contributed by atoms with Gasteiger partial charge in [-0.3, -0.25) is 0 Å². The fourth-order valence-electron chi connectivity index (χ4n) is 1.22. The summed E-state index contributed by atoms with van der Waals surface area (Å²) in [5.41, 5.74) is 3.84. The van der Waals surface area contributed by atoms with Crippen molar-refractivity contribution in [3.63, 3.8) is 0 Å². The minimum absolute atomic E-state index is 0.205. The summed E-state index contributed by atoms with van der Waals surface area (Å²) in [5, 5.41) is 17.9. The Hall–Kier alpha value is -0.980. The molecular weight excluding hydrogens is 247 g/mol. The quantitative estimate of drug-likeness (QED) is 0.758. The minimum atomic E-state index is -4.72. The third kappa shape index (κ3) is 2.58. The molecule has 0 aliphatic rings. The molecule has 0 saturated heterocycles. The molecular formula is C9H9ClF3NO2. The molecule has 4 N–H and O–H groups in total. The van der Waals surface area contributed by atoms with Crippen LogP contribution in [0.1, 0.15) is 17.2 Å². The summed E-state index contributed by atoms with van der Waals surface area (Å²) in [6.45, 7) is -0.592. The van der Waals surface area contributed by atoms with E-state index in [0.29, 0.717) is 6.07 Å².